The van der Waals surface area contributed by atoms with Gasteiger partial charge in [0.2, 0.25) is 0 Å². The molecule has 0 spiro atoms. The van der Waals surface area contributed by atoms with Crippen LogP contribution in [0.25, 0.3) is 10.4 Å². The fourth-order valence-corrected chi connectivity index (χ4v) is 0.852. The van der Waals surface area contributed by atoms with Gasteiger partial charge in [-0.1, -0.05) is 12.0 Å². The first-order chi connectivity index (χ1) is 4.45. The second kappa shape index (κ2) is 3.44. The first-order valence-electron chi connectivity index (χ1n) is 3.22. The molecule has 0 amide bonds. The molecule has 0 aliphatic carbocycles. The Kier molecular flexibility index (Phi) is 3.19. The van der Waals surface area contributed by atoms with E-state index in [2.05, 4.69) is 10.0 Å². The Morgan fingerprint density at radius 3 is 2.50 bits per heavy atom. The number of hydrogen-bond donors (Lipinski definition) is 1. The van der Waals surface area contributed by atoms with Gasteiger partial charge in [-0.15, -0.1) is 0 Å². The van der Waals surface area contributed by atoms with Crippen LogP contribution in [0.15, 0.2) is 5.11 Å². The van der Waals surface area contributed by atoms with Gasteiger partial charge in [0, 0.05) is 11.0 Å². The Morgan fingerprint density at radius 2 is 2.20 bits per heavy atom. The predicted molar refractivity (Wildman–Crippen MR) is 39.5 cm³/mol. The zero-order valence-electron chi connectivity index (χ0n) is 6.57. The first kappa shape index (κ1) is 9.27. The topological polar surface area (TPSA) is 69.0 Å². The molecule has 0 rings (SSSR count). The highest BCUT2D eigenvalue weighted by Crippen LogP contribution is 2.12. The van der Waals surface area contributed by atoms with Gasteiger partial charge in [0.25, 0.3) is 0 Å². The molecule has 1 unspecified atom stereocenters. The van der Waals surface area contributed by atoms with Crippen molar-refractivity contribution in [2.24, 2.45) is 5.11 Å². The van der Waals surface area contributed by atoms with Crippen molar-refractivity contribution in [3.63, 3.8) is 0 Å². The number of azide groups is 1. The van der Waals surface area contributed by atoms with Gasteiger partial charge < -0.3 is 5.11 Å². The summed E-state index contributed by atoms with van der Waals surface area (Å²) < 4.78 is 0. The van der Waals surface area contributed by atoms with Gasteiger partial charge in [0.1, 0.15) is 0 Å². The van der Waals surface area contributed by atoms with Crippen LogP contribution in [0.1, 0.15) is 27.2 Å². The molecule has 0 saturated heterocycles. The third-order valence-electron chi connectivity index (χ3n) is 1.04. The van der Waals surface area contributed by atoms with E-state index in [9.17, 15) is 5.11 Å². The Balaban J connectivity index is 3.79. The summed E-state index contributed by atoms with van der Waals surface area (Å²) in [6.45, 7) is 5.16. The highest BCUT2D eigenvalue weighted by atomic mass is 16.3. The number of rotatable bonds is 3. The molecule has 0 saturated carbocycles. The zero-order chi connectivity index (χ0) is 8.20. The molecule has 0 fully saturated rings. The molecule has 0 heterocycles. The summed E-state index contributed by atoms with van der Waals surface area (Å²) in [6.07, 6.45) is 0.497. The van der Waals surface area contributed by atoms with Crippen LogP contribution in [0.2, 0.25) is 0 Å². The minimum absolute atomic E-state index is 0.134. The van der Waals surface area contributed by atoms with Crippen molar-refractivity contribution < 1.29 is 5.11 Å². The van der Waals surface area contributed by atoms with E-state index in [0.29, 0.717) is 6.42 Å². The van der Waals surface area contributed by atoms with Gasteiger partial charge >= 0.3 is 0 Å². The average molecular weight is 143 g/mol. The maximum atomic E-state index is 9.23. The average Bonchev–Trinajstić information content (AvgIpc) is 1.59. The van der Waals surface area contributed by atoms with Gasteiger partial charge in [-0.2, -0.15) is 0 Å². The van der Waals surface area contributed by atoms with Gasteiger partial charge in [-0.3, -0.25) is 0 Å². The van der Waals surface area contributed by atoms with Gasteiger partial charge in [-0.05, 0) is 25.8 Å². The fourth-order valence-electron chi connectivity index (χ4n) is 0.852. The standard InChI is InChI=1S/C6H13N3O/c1-5(8-9-7)4-6(2,3)10/h5,10H,4H2,1-3H3. The lowest BCUT2D eigenvalue weighted by Crippen LogP contribution is -2.23. The summed E-state index contributed by atoms with van der Waals surface area (Å²) in [5.41, 5.74) is 7.27. The van der Waals surface area contributed by atoms with E-state index in [1.807, 2.05) is 0 Å². The maximum Gasteiger partial charge on any atom is 0.0595 e. The van der Waals surface area contributed by atoms with E-state index in [1.54, 1.807) is 20.8 Å². The minimum Gasteiger partial charge on any atom is -0.390 e. The van der Waals surface area contributed by atoms with Crippen LogP contribution < -0.4 is 0 Å². The Hall–Kier alpha value is -0.730. The molecule has 0 radical (unpaired) electrons. The van der Waals surface area contributed by atoms with Gasteiger partial charge in [-0.25, -0.2) is 0 Å². The van der Waals surface area contributed by atoms with Crippen molar-refractivity contribution in [3.8, 4) is 0 Å². The lowest BCUT2D eigenvalue weighted by atomic mass is 10.0. The minimum atomic E-state index is -0.742. The molecule has 0 aliphatic heterocycles. The van der Waals surface area contributed by atoms with E-state index in [4.69, 9.17) is 5.53 Å². The summed E-state index contributed by atoms with van der Waals surface area (Å²) in [6, 6.07) is -0.134. The van der Waals surface area contributed by atoms with E-state index < -0.39 is 5.60 Å². The first-order valence-corrected chi connectivity index (χ1v) is 3.22. The number of nitrogens with zero attached hydrogens (tertiary/aromatic N) is 3. The molecule has 1 N–H and O–H groups in total. The van der Waals surface area contributed by atoms with E-state index in [1.165, 1.54) is 0 Å². The van der Waals surface area contributed by atoms with Crippen LogP contribution in [-0.4, -0.2) is 16.7 Å². The van der Waals surface area contributed by atoms with Crippen molar-refractivity contribution >= 4 is 0 Å². The van der Waals surface area contributed by atoms with Crippen LogP contribution >= 0.6 is 0 Å². The third kappa shape index (κ3) is 5.41. The molecular weight excluding hydrogens is 130 g/mol. The summed E-state index contributed by atoms with van der Waals surface area (Å²) >= 11 is 0. The molecule has 4 nitrogen and oxygen atoms in total. The Morgan fingerprint density at radius 1 is 1.70 bits per heavy atom. The van der Waals surface area contributed by atoms with Gasteiger partial charge in [0.05, 0.1) is 5.60 Å². The molecule has 0 aromatic heterocycles. The fraction of sp³-hybridized carbons (Fsp3) is 1.00. The Bertz CT molecular complexity index is 144. The van der Waals surface area contributed by atoms with Crippen molar-refractivity contribution in [1.82, 2.24) is 0 Å². The molecular formula is C6H13N3O. The second-order valence-electron chi connectivity index (χ2n) is 3.07. The van der Waals surface area contributed by atoms with E-state index in [-0.39, 0.29) is 6.04 Å². The van der Waals surface area contributed by atoms with Crippen molar-refractivity contribution in [2.75, 3.05) is 0 Å². The van der Waals surface area contributed by atoms with Gasteiger partial charge in [0.15, 0.2) is 0 Å². The van der Waals surface area contributed by atoms with E-state index >= 15 is 0 Å². The number of aliphatic hydroxyl groups is 1. The van der Waals surface area contributed by atoms with Crippen molar-refractivity contribution in [1.29, 1.82) is 0 Å². The monoisotopic (exact) mass is 143 g/mol. The Labute approximate surface area is 60.5 Å². The normalized spacial score (nSPS) is 14.0. The molecule has 58 valence electrons. The quantitative estimate of drug-likeness (QED) is 0.365. The molecule has 4 heteroatoms. The van der Waals surface area contributed by atoms with E-state index in [0.717, 1.165) is 0 Å². The molecule has 1 atom stereocenters. The molecule has 10 heavy (non-hydrogen) atoms. The van der Waals surface area contributed by atoms with Crippen LogP contribution in [0.5, 0.6) is 0 Å². The molecule has 0 bridgehead atoms. The molecule has 0 aromatic carbocycles. The summed E-state index contributed by atoms with van der Waals surface area (Å²) in [4.78, 5) is 2.63. The van der Waals surface area contributed by atoms with Crippen molar-refractivity contribution in [2.45, 2.75) is 38.8 Å². The van der Waals surface area contributed by atoms with Crippen LogP contribution in [0.3, 0.4) is 0 Å². The third-order valence-corrected chi connectivity index (χ3v) is 1.04. The predicted octanol–water partition coefficient (Wildman–Crippen LogP) is 1.85. The second-order valence-corrected chi connectivity index (χ2v) is 3.07. The van der Waals surface area contributed by atoms with Crippen molar-refractivity contribution in [3.05, 3.63) is 10.4 Å². The lowest BCUT2D eigenvalue weighted by molar-refractivity contribution is 0.0655. The van der Waals surface area contributed by atoms with Crippen LogP contribution in [0.4, 0.5) is 0 Å². The largest absolute Gasteiger partial charge is 0.390 e. The zero-order valence-corrected chi connectivity index (χ0v) is 6.57. The SMILES string of the molecule is CC(CC(C)(C)O)N=[N+]=[N-]. The maximum absolute atomic E-state index is 9.23. The van der Waals surface area contributed by atoms with Crippen LogP contribution in [-0.2, 0) is 0 Å². The lowest BCUT2D eigenvalue weighted by Gasteiger charge is -2.18. The summed E-state index contributed by atoms with van der Waals surface area (Å²) in [5, 5.41) is 12.7. The molecule has 0 aliphatic rings. The summed E-state index contributed by atoms with van der Waals surface area (Å²) in [7, 11) is 0. The molecule has 0 aromatic rings. The smallest absolute Gasteiger partial charge is 0.0595 e. The van der Waals surface area contributed by atoms with Crippen LogP contribution in [0, 0.1) is 0 Å². The highest BCUT2D eigenvalue weighted by Gasteiger charge is 2.15. The highest BCUT2D eigenvalue weighted by molar-refractivity contribution is 4.73. The summed E-state index contributed by atoms with van der Waals surface area (Å²) in [5.74, 6) is 0. The number of hydrogen-bond acceptors (Lipinski definition) is 2.